The van der Waals surface area contributed by atoms with Crippen molar-refractivity contribution in [2.45, 2.75) is 161 Å². The van der Waals surface area contributed by atoms with E-state index in [0.717, 1.165) is 0 Å². The van der Waals surface area contributed by atoms with Gasteiger partial charge in [0, 0.05) is 17.5 Å². The minimum absolute atomic E-state index is 0.0815. The molecule has 2 aliphatic rings. The van der Waals surface area contributed by atoms with Crippen molar-refractivity contribution in [2.75, 3.05) is 23.0 Å². The number of ether oxygens (including phenoxy) is 2. The molecule has 23 heteroatoms. The summed E-state index contributed by atoms with van der Waals surface area (Å²) in [6.07, 6.45) is 2.08. The van der Waals surface area contributed by atoms with E-state index >= 15 is 0 Å². The lowest BCUT2D eigenvalue weighted by molar-refractivity contribution is -0.153. The Balaban J connectivity index is 0.000000678. The Hall–Kier alpha value is -3.00. The Kier molecular flexibility index (Phi) is 30.3. The Bertz CT molecular complexity index is 1660. The molecule has 0 aromatic carbocycles. The van der Waals surface area contributed by atoms with Gasteiger partial charge in [-0.3, -0.25) is 39.4 Å². The molecule has 67 heavy (non-hydrogen) atoms. The highest BCUT2D eigenvalue weighted by Crippen LogP contribution is 2.16. The summed E-state index contributed by atoms with van der Waals surface area (Å²) >= 11 is 16.7. The zero-order valence-electron chi connectivity index (χ0n) is 39.8. The standard InChI is InChI=1S/C24H42N4O6S2.C20H35N3O6S2/c1-6-16-21(30)28-20(14(4)5)24(33)34-15(9-7-8-10-35)11-18(29)27-19(13(2)3)23(32)26-17(12-36)22(31)25-16;1-11(2)18-15(24)9-17(26)29-13(6-4-5-7-30)8-16(25)21-12(3)19(27)22-14(10-31)20(28)23-18/h6-7,9,13-15,17,19-22,25,28,30-31,35-36H,8,10-12H2,1-5H3,(H,26,32)(H,27,29);4,6,11-15,18,20,23-24,28,30-31H,5,7-10H2,1-3H3,(H,21,25)(H,22,27)/b9-7+,16-6-;6-4+/t15-,17-,19-,20+,21?,22?;12-,13-,14-,15+,18-,20?/m11/s1. The van der Waals surface area contributed by atoms with E-state index in [0.29, 0.717) is 24.3 Å². The lowest BCUT2D eigenvalue weighted by Crippen LogP contribution is -2.59. The maximum absolute atomic E-state index is 13.1. The molecule has 2 saturated heterocycles. The van der Waals surface area contributed by atoms with E-state index in [9.17, 15) is 49.2 Å². The Morgan fingerprint density at radius 3 is 1.63 bits per heavy atom. The first-order valence-corrected chi connectivity index (χ1v) is 25.1. The summed E-state index contributed by atoms with van der Waals surface area (Å²) in [7, 11) is 0. The summed E-state index contributed by atoms with van der Waals surface area (Å²) in [5.74, 6) is -2.57. The van der Waals surface area contributed by atoms with Crippen LogP contribution in [0.1, 0.15) is 87.5 Å². The molecule has 11 N–H and O–H groups in total. The smallest absolute Gasteiger partial charge is 0.324 e. The molecule has 0 aromatic rings. The van der Waals surface area contributed by atoms with Crippen molar-refractivity contribution < 1.29 is 58.7 Å². The minimum atomic E-state index is -1.35. The second kappa shape index (κ2) is 32.7. The highest BCUT2D eigenvalue weighted by Gasteiger charge is 2.35. The molecule has 2 rings (SSSR count). The predicted octanol–water partition coefficient (Wildman–Crippen LogP) is 0.259. The number of nitrogens with one attached hydrogen (secondary N) is 7. The van der Waals surface area contributed by atoms with Crippen LogP contribution in [-0.2, 0) is 38.2 Å². The van der Waals surface area contributed by atoms with Gasteiger partial charge in [0.2, 0.25) is 23.6 Å². The van der Waals surface area contributed by atoms with E-state index in [1.165, 1.54) is 6.92 Å². The molecule has 0 spiro atoms. The van der Waals surface area contributed by atoms with Crippen molar-refractivity contribution in [3.63, 3.8) is 0 Å². The second-order valence-electron chi connectivity index (χ2n) is 17.2. The number of hydrogen-bond donors (Lipinski definition) is 15. The van der Waals surface area contributed by atoms with E-state index in [1.54, 1.807) is 65.0 Å². The molecule has 0 radical (unpaired) electrons. The van der Waals surface area contributed by atoms with Crippen molar-refractivity contribution in [3.05, 3.63) is 36.1 Å². The fraction of sp³-hybridized carbons (Fsp3) is 0.727. The number of cyclic esters (lactones) is 2. The maximum atomic E-state index is 13.1. The summed E-state index contributed by atoms with van der Waals surface area (Å²) in [4.78, 5) is 76.3. The molecule has 3 unspecified atom stereocenters. The molecule has 0 bridgehead atoms. The van der Waals surface area contributed by atoms with Gasteiger partial charge in [-0.05, 0) is 68.1 Å². The van der Waals surface area contributed by atoms with E-state index in [1.807, 2.05) is 13.8 Å². The van der Waals surface area contributed by atoms with E-state index < -0.39 is 109 Å². The van der Waals surface area contributed by atoms with E-state index in [2.05, 4.69) is 87.7 Å². The molecule has 4 amide bonds. The number of aliphatic hydroxyl groups excluding tert-OH is 4. The molecule has 2 heterocycles. The summed E-state index contributed by atoms with van der Waals surface area (Å²) in [5.41, 5.74) is 0.202. The molecule has 2 fully saturated rings. The lowest BCUT2D eigenvalue weighted by atomic mass is 9.95. The third-order valence-electron chi connectivity index (χ3n) is 10.5. The highest BCUT2D eigenvalue weighted by molar-refractivity contribution is 7.80. The fourth-order valence-electron chi connectivity index (χ4n) is 6.65. The lowest BCUT2D eigenvalue weighted by Gasteiger charge is -2.33. The third kappa shape index (κ3) is 23.0. The number of carbonyl (C=O) groups excluding carboxylic acids is 6. The van der Waals surface area contributed by atoms with Crippen LogP contribution >= 0.6 is 50.5 Å². The summed E-state index contributed by atoms with van der Waals surface area (Å²) < 4.78 is 11.1. The Labute approximate surface area is 417 Å². The van der Waals surface area contributed by atoms with Crippen LogP contribution in [0.4, 0.5) is 0 Å². The normalized spacial score (nSPS) is 31.5. The number of amides is 4. The quantitative estimate of drug-likeness (QED) is 0.0751. The van der Waals surface area contributed by atoms with Crippen LogP contribution in [0.15, 0.2) is 36.1 Å². The van der Waals surface area contributed by atoms with Gasteiger partial charge in [0.15, 0.2) is 0 Å². The number of aliphatic hydroxyl groups is 4. The maximum Gasteiger partial charge on any atom is 0.324 e. The molecule has 0 aromatic heterocycles. The van der Waals surface area contributed by atoms with Gasteiger partial charge in [0.1, 0.15) is 49.0 Å². The number of hydrogen-bond acceptors (Lipinski definition) is 19. The highest BCUT2D eigenvalue weighted by atomic mass is 32.1. The van der Waals surface area contributed by atoms with Gasteiger partial charge in [-0.2, -0.15) is 50.5 Å². The molecular weight excluding hydrogens is 947 g/mol. The SMILES string of the molecule is C/C=C1\NC(O)[C@@H](CS)NC(=O)[C@@H](C(C)C)NC(=O)C[C@@H](/C=C/CCS)OC(=O)[C@H](C(C)C)NC1O.CC(C)[C@H]1NC(O)[C@@H](CS)NC(=O)[C@@H](C)NC(=O)C[C@@H](/C=C/CCS)OC(=O)C[C@@H]1O. The van der Waals surface area contributed by atoms with Gasteiger partial charge in [0.05, 0.1) is 43.1 Å². The molecular formula is C44H77N7O12S4. The van der Waals surface area contributed by atoms with Crippen LogP contribution in [0.25, 0.3) is 0 Å². The summed E-state index contributed by atoms with van der Waals surface area (Å²) in [6, 6.07) is -4.95. The molecule has 19 nitrogen and oxygen atoms in total. The first kappa shape index (κ1) is 62.0. The van der Waals surface area contributed by atoms with Gasteiger partial charge in [-0.25, -0.2) is 0 Å². The molecule has 2 aliphatic heterocycles. The van der Waals surface area contributed by atoms with Gasteiger partial charge in [0.25, 0.3) is 0 Å². The van der Waals surface area contributed by atoms with Crippen molar-refractivity contribution in [1.29, 1.82) is 0 Å². The molecule has 0 aliphatic carbocycles. The predicted molar refractivity (Wildman–Crippen MR) is 269 cm³/mol. The van der Waals surface area contributed by atoms with Crippen LogP contribution in [0.3, 0.4) is 0 Å². The molecule has 384 valence electrons. The van der Waals surface area contributed by atoms with Gasteiger partial charge < -0.3 is 56.5 Å². The monoisotopic (exact) mass is 1020 g/mol. The zero-order valence-corrected chi connectivity index (χ0v) is 43.3. The third-order valence-corrected chi connectivity index (χ3v) is 11.8. The Morgan fingerprint density at radius 2 is 1.13 bits per heavy atom. The van der Waals surface area contributed by atoms with Crippen molar-refractivity contribution in [1.82, 2.24) is 37.2 Å². The first-order chi connectivity index (χ1) is 31.5. The average Bonchev–Trinajstić information content (AvgIpc) is 3.25. The fourth-order valence-corrected chi connectivity index (χ4v) is 7.53. The number of esters is 2. The van der Waals surface area contributed by atoms with Gasteiger partial charge in [-0.1, -0.05) is 59.8 Å². The van der Waals surface area contributed by atoms with E-state index in [-0.39, 0.29) is 54.2 Å². The largest absolute Gasteiger partial charge is 0.457 e. The Morgan fingerprint density at radius 1 is 0.627 bits per heavy atom. The minimum Gasteiger partial charge on any atom is -0.457 e. The van der Waals surface area contributed by atoms with Crippen LogP contribution in [0, 0.1) is 17.8 Å². The first-order valence-electron chi connectivity index (χ1n) is 22.6. The number of thiol groups is 4. The van der Waals surface area contributed by atoms with Gasteiger partial charge >= 0.3 is 11.9 Å². The van der Waals surface area contributed by atoms with Crippen LogP contribution in [0.2, 0.25) is 0 Å². The average molecular weight is 1020 g/mol. The summed E-state index contributed by atoms with van der Waals surface area (Å²) in [5, 5.41) is 61.8. The molecule has 0 saturated carbocycles. The van der Waals surface area contributed by atoms with Crippen LogP contribution in [-0.4, -0.2) is 152 Å². The van der Waals surface area contributed by atoms with Crippen LogP contribution in [0.5, 0.6) is 0 Å². The number of allylic oxidation sites excluding steroid dienone is 3. The van der Waals surface area contributed by atoms with E-state index in [4.69, 9.17) is 9.47 Å². The van der Waals surface area contributed by atoms with Crippen LogP contribution < -0.4 is 37.2 Å². The zero-order chi connectivity index (χ0) is 51.0. The van der Waals surface area contributed by atoms with Gasteiger partial charge in [-0.15, -0.1) is 0 Å². The second-order valence-corrected chi connectivity index (χ2v) is 18.9. The molecule has 12 atom stereocenters. The van der Waals surface area contributed by atoms with Crippen molar-refractivity contribution >= 4 is 86.1 Å². The number of rotatable bonds is 11. The van der Waals surface area contributed by atoms with Crippen molar-refractivity contribution in [2.24, 2.45) is 17.8 Å². The summed E-state index contributed by atoms with van der Waals surface area (Å²) in [6.45, 7) is 14.0. The topological polar surface area (TPSA) is 286 Å². The number of carbonyl (C=O) groups is 6. The van der Waals surface area contributed by atoms with Crippen molar-refractivity contribution in [3.8, 4) is 0 Å².